The molecule has 9 nitrogen and oxygen atoms in total. The van der Waals surface area contributed by atoms with Crippen molar-refractivity contribution in [2.24, 2.45) is 0 Å². The van der Waals surface area contributed by atoms with Crippen molar-refractivity contribution in [2.75, 3.05) is 12.4 Å². The quantitative estimate of drug-likeness (QED) is 0.494. The molecular weight excluding hydrogens is 268 g/mol. The Balaban J connectivity index is 2.26. The molecule has 104 valence electrons. The van der Waals surface area contributed by atoms with E-state index in [0.29, 0.717) is 5.82 Å². The van der Waals surface area contributed by atoms with Crippen LogP contribution in [0.4, 0.5) is 11.4 Å². The average Bonchev–Trinajstić information content (AvgIpc) is 2.97. The van der Waals surface area contributed by atoms with Gasteiger partial charge in [0.1, 0.15) is 5.69 Å². The maximum Gasteiger partial charge on any atom is 0.337 e. The van der Waals surface area contributed by atoms with E-state index in [1.807, 2.05) is 0 Å². The van der Waals surface area contributed by atoms with Gasteiger partial charge in [0.2, 0.25) is 6.39 Å². The number of carbonyl (C=O) groups is 1. The minimum atomic E-state index is -0.581. The van der Waals surface area contributed by atoms with Crippen molar-refractivity contribution >= 4 is 17.3 Å². The predicted molar refractivity (Wildman–Crippen MR) is 66.1 cm³/mol. The molecule has 2 aromatic rings. The third-order valence-corrected chi connectivity index (χ3v) is 2.46. The highest BCUT2D eigenvalue weighted by molar-refractivity contribution is 5.91. The van der Waals surface area contributed by atoms with E-state index in [1.54, 1.807) is 0 Å². The van der Waals surface area contributed by atoms with Gasteiger partial charge in [0.25, 0.3) is 5.69 Å². The minimum Gasteiger partial charge on any atom is -0.465 e. The van der Waals surface area contributed by atoms with Crippen LogP contribution in [-0.2, 0) is 11.3 Å². The summed E-state index contributed by atoms with van der Waals surface area (Å²) in [5.41, 5.74) is 0.206. The molecule has 1 heterocycles. The van der Waals surface area contributed by atoms with Crippen molar-refractivity contribution in [3.8, 4) is 0 Å². The number of hydrogen-bond acceptors (Lipinski definition) is 8. The number of nitrogens with one attached hydrogen (secondary N) is 1. The van der Waals surface area contributed by atoms with E-state index in [1.165, 1.54) is 25.3 Å². The maximum atomic E-state index is 11.4. The first-order chi connectivity index (χ1) is 9.61. The van der Waals surface area contributed by atoms with Crippen molar-refractivity contribution < 1.29 is 19.0 Å². The fraction of sp³-hybridized carbons (Fsp3) is 0.182. The Hall–Kier alpha value is -2.97. The van der Waals surface area contributed by atoms with Crippen LogP contribution in [-0.4, -0.2) is 28.1 Å². The van der Waals surface area contributed by atoms with Gasteiger partial charge < -0.3 is 14.6 Å². The lowest BCUT2D eigenvalue weighted by atomic mass is 10.1. The largest absolute Gasteiger partial charge is 0.465 e. The summed E-state index contributed by atoms with van der Waals surface area (Å²) < 4.78 is 9.12. The Labute approximate surface area is 112 Å². The van der Waals surface area contributed by atoms with Crippen LogP contribution in [0.5, 0.6) is 0 Å². The van der Waals surface area contributed by atoms with Crippen LogP contribution in [0.3, 0.4) is 0 Å². The van der Waals surface area contributed by atoms with E-state index in [4.69, 9.17) is 0 Å². The number of benzene rings is 1. The molecule has 0 bridgehead atoms. The lowest BCUT2D eigenvalue weighted by Gasteiger charge is -2.06. The summed E-state index contributed by atoms with van der Waals surface area (Å²) in [6.45, 7) is 0.127. The number of anilines is 1. The molecule has 1 N–H and O–H groups in total. The van der Waals surface area contributed by atoms with E-state index in [0.717, 1.165) is 6.39 Å². The Morgan fingerprint density at radius 1 is 1.55 bits per heavy atom. The summed E-state index contributed by atoms with van der Waals surface area (Å²) in [7, 11) is 1.23. The zero-order valence-corrected chi connectivity index (χ0v) is 10.4. The highest BCUT2D eigenvalue weighted by Gasteiger charge is 2.17. The highest BCUT2D eigenvalue weighted by Crippen LogP contribution is 2.26. The first kappa shape index (κ1) is 13.5. The summed E-state index contributed by atoms with van der Waals surface area (Å²) >= 11 is 0. The van der Waals surface area contributed by atoms with Crippen molar-refractivity contribution in [3.05, 3.63) is 46.1 Å². The topological polar surface area (TPSA) is 120 Å². The predicted octanol–water partition coefficient (Wildman–Crippen LogP) is 1.38. The molecular formula is C11H10N4O5. The highest BCUT2D eigenvalue weighted by atomic mass is 16.6. The second-order valence-electron chi connectivity index (χ2n) is 3.68. The van der Waals surface area contributed by atoms with Gasteiger partial charge in [-0.1, -0.05) is 5.16 Å². The molecule has 0 amide bonds. The number of methoxy groups -OCH3 is 1. The number of rotatable bonds is 5. The van der Waals surface area contributed by atoms with Crippen LogP contribution in [0.25, 0.3) is 0 Å². The van der Waals surface area contributed by atoms with E-state index >= 15 is 0 Å². The Morgan fingerprint density at radius 2 is 2.35 bits per heavy atom. The van der Waals surface area contributed by atoms with Crippen LogP contribution >= 0.6 is 0 Å². The van der Waals surface area contributed by atoms with Crippen molar-refractivity contribution in [2.45, 2.75) is 6.54 Å². The molecule has 0 aliphatic rings. The monoisotopic (exact) mass is 278 g/mol. The first-order valence-corrected chi connectivity index (χ1v) is 5.47. The number of ether oxygens (including phenoxy) is 1. The number of carbonyl (C=O) groups excluding carboxylic acids is 1. The summed E-state index contributed by atoms with van der Waals surface area (Å²) in [5.74, 6) is -0.245. The van der Waals surface area contributed by atoms with Crippen LogP contribution in [0.1, 0.15) is 16.2 Å². The molecule has 0 unspecified atom stereocenters. The molecule has 1 aromatic carbocycles. The number of aromatic nitrogens is 2. The summed E-state index contributed by atoms with van der Waals surface area (Å²) in [6.07, 6.45) is 1.15. The molecule has 0 saturated carbocycles. The molecule has 0 aliphatic heterocycles. The lowest BCUT2D eigenvalue weighted by molar-refractivity contribution is -0.384. The van der Waals surface area contributed by atoms with Crippen molar-refractivity contribution in [1.82, 2.24) is 10.1 Å². The van der Waals surface area contributed by atoms with Gasteiger partial charge in [-0.3, -0.25) is 10.1 Å². The van der Waals surface area contributed by atoms with Gasteiger partial charge >= 0.3 is 5.97 Å². The van der Waals surface area contributed by atoms with E-state index in [2.05, 4.69) is 24.7 Å². The van der Waals surface area contributed by atoms with Crippen LogP contribution in [0.2, 0.25) is 0 Å². The molecule has 0 radical (unpaired) electrons. The third kappa shape index (κ3) is 2.88. The standard InChI is InChI=1S/C11H10N4O5/c1-19-11(16)7-2-3-9(15(17)18)8(4-7)12-5-10-13-6-20-14-10/h2-4,6,12H,5H2,1H3. The van der Waals surface area contributed by atoms with Crippen LogP contribution < -0.4 is 5.32 Å². The minimum absolute atomic E-state index is 0.127. The number of nitro benzene ring substituents is 1. The molecule has 2 rings (SSSR count). The molecule has 1 aromatic heterocycles. The molecule has 0 spiro atoms. The third-order valence-electron chi connectivity index (χ3n) is 2.46. The maximum absolute atomic E-state index is 11.4. The Bertz CT molecular complexity index is 626. The fourth-order valence-electron chi connectivity index (χ4n) is 1.53. The second kappa shape index (κ2) is 5.78. The van der Waals surface area contributed by atoms with Gasteiger partial charge in [-0.05, 0) is 12.1 Å². The van der Waals surface area contributed by atoms with Gasteiger partial charge in [0.05, 0.1) is 24.1 Å². The van der Waals surface area contributed by atoms with E-state index < -0.39 is 10.9 Å². The van der Waals surface area contributed by atoms with Gasteiger partial charge in [-0.2, -0.15) is 4.98 Å². The Kier molecular flexibility index (Phi) is 3.89. The van der Waals surface area contributed by atoms with Crippen molar-refractivity contribution in [3.63, 3.8) is 0 Å². The number of hydrogen-bond donors (Lipinski definition) is 1. The molecule has 0 aliphatic carbocycles. The summed E-state index contributed by atoms with van der Waals surface area (Å²) in [5, 5.41) is 17.3. The number of esters is 1. The zero-order chi connectivity index (χ0) is 14.5. The average molecular weight is 278 g/mol. The SMILES string of the molecule is COC(=O)c1ccc([N+](=O)[O-])c(NCc2ncon2)c1. The van der Waals surface area contributed by atoms with Gasteiger partial charge in [0.15, 0.2) is 5.82 Å². The smallest absolute Gasteiger partial charge is 0.337 e. The van der Waals surface area contributed by atoms with E-state index in [9.17, 15) is 14.9 Å². The molecule has 20 heavy (non-hydrogen) atoms. The van der Waals surface area contributed by atoms with Gasteiger partial charge in [-0.25, -0.2) is 4.79 Å². The summed E-state index contributed by atoms with van der Waals surface area (Å²) in [6, 6.07) is 3.89. The second-order valence-corrected chi connectivity index (χ2v) is 3.68. The molecule has 9 heteroatoms. The lowest BCUT2D eigenvalue weighted by Crippen LogP contribution is -2.07. The van der Waals surface area contributed by atoms with Gasteiger partial charge in [-0.15, -0.1) is 0 Å². The van der Waals surface area contributed by atoms with E-state index in [-0.39, 0.29) is 23.5 Å². The molecule has 0 saturated heterocycles. The number of nitrogens with zero attached hydrogens (tertiary/aromatic N) is 3. The van der Waals surface area contributed by atoms with Crippen LogP contribution in [0.15, 0.2) is 29.1 Å². The zero-order valence-electron chi connectivity index (χ0n) is 10.4. The fourth-order valence-corrected chi connectivity index (χ4v) is 1.53. The number of nitro groups is 1. The molecule has 0 fully saturated rings. The molecule has 0 atom stereocenters. The first-order valence-electron chi connectivity index (χ1n) is 5.47. The summed E-state index contributed by atoms with van der Waals surface area (Å²) in [4.78, 5) is 25.6. The van der Waals surface area contributed by atoms with Crippen LogP contribution in [0, 0.1) is 10.1 Å². The van der Waals surface area contributed by atoms with Gasteiger partial charge in [0, 0.05) is 6.07 Å². The van der Waals surface area contributed by atoms with Crippen molar-refractivity contribution in [1.29, 1.82) is 0 Å². The normalized spacial score (nSPS) is 10.1. The Morgan fingerprint density at radius 3 is 2.95 bits per heavy atom.